The number of esters is 1. The predicted molar refractivity (Wildman–Crippen MR) is 112 cm³/mol. The molecule has 0 bridgehead atoms. The monoisotopic (exact) mass is 440 g/mol. The summed E-state index contributed by atoms with van der Waals surface area (Å²) in [6.45, 7) is 0.595. The Labute approximate surface area is 183 Å². The Morgan fingerprint density at radius 3 is 2.59 bits per heavy atom. The molecule has 2 aromatic carbocycles. The van der Waals surface area contributed by atoms with Gasteiger partial charge < -0.3 is 10.1 Å². The minimum Gasteiger partial charge on any atom is -0.468 e. The molecule has 9 heteroatoms. The maximum Gasteiger partial charge on any atom is 0.323 e. The third-order valence-electron chi connectivity index (χ3n) is 5.48. The second kappa shape index (κ2) is 9.27. The zero-order valence-corrected chi connectivity index (χ0v) is 17.4. The Balaban J connectivity index is 1.43. The van der Waals surface area contributed by atoms with E-state index in [-0.39, 0.29) is 18.5 Å². The average molecular weight is 440 g/mol. The smallest absolute Gasteiger partial charge is 0.323 e. The molecule has 2 heterocycles. The number of carbonyl (C=O) groups is 2. The average Bonchev–Trinajstić information content (AvgIpc) is 3.46. The topological polar surface area (TPSA) is 76.5 Å². The third-order valence-corrected chi connectivity index (χ3v) is 5.48. The number of nitrogens with zero attached hydrogens (tertiary/aromatic N) is 3. The first-order chi connectivity index (χ1) is 15.4. The van der Waals surface area contributed by atoms with Crippen LogP contribution < -0.4 is 5.32 Å². The van der Waals surface area contributed by atoms with Gasteiger partial charge in [-0.15, -0.1) is 0 Å². The van der Waals surface area contributed by atoms with Gasteiger partial charge in [0.25, 0.3) is 5.91 Å². The van der Waals surface area contributed by atoms with Gasteiger partial charge in [-0.25, -0.2) is 13.5 Å². The van der Waals surface area contributed by atoms with Crippen LogP contribution in [0, 0.1) is 11.6 Å². The van der Waals surface area contributed by atoms with E-state index in [1.54, 1.807) is 40.0 Å². The molecule has 1 amide bonds. The number of amides is 1. The van der Waals surface area contributed by atoms with Crippen LogP contribution in [0.25, 0.3) is 5.69 Å². The molecule has 1 aromatic heterocycles. The molecule has 4 rings (SSSR count). The molecular weight excluding hydrogens is 418 g/mol. The van der Waals surface area contributed by atoms with Gasteiger partial charge in [0.1, 0.15) is 6.04 Å². The Bertz CT molecular complexity index is 1100. The van der Waals surface area contributed by atoms with Crippen molar-refractivity contribution >= 4 is 11.9 Å². The fourth-order valence-electron chi connectivity index (χ4n) is 3.89. The van der Waals surface area contributed by atoms with Crippen molar-refractivity contribution in [1.29, 1.82) is 0 Å². The van der Waals surface area contributed by atoms with Crippen molar-refractivity contribution in [3.8, 4) is 5.69 Å². The highest BCUT2D eigenvalue weighted by molar-refractivity contribution is 5.94. The molecule has 7 nitrogen and oxygen atoms in total. The molecule has 1 N–H and O–H groups in total. The summed E-state index contributed by atoms with van der Waals surface area (Å²) < 4.78 is 33.4. The molecule has 0 unspecified atom stereocenters. The van der Waals surface area contributed by atoms with Gasteiger partial charge in [0.05, 0.1) is 12.8 Å². The van der Waals surface area contributed by atoms with Crippen LogP contribution in [0.5, 0.6) is 0 Å². The molecule has 2 atom stereocenters. The highest BCUT2D eigenvalue weighted by Crippen LogP contribution is 2.23. The van der Waals surface area contributed by atoms with Gasteiger partial charge in [-0.3, -0.25) is 14.5 Å². The fraction of sp³-hybridized carbons (Fsp3) is 0.261. The number of carbonyl (C=O) groups excluding carboxylic acids is 2. The SMILES string of the molecule is COC(=O)[C@@H]1C[C@H](NC(=O)c2ccc(-n3cccn3)cc2)CN1Cc1ccc(F)c(F)c1. The third kappa shape index (κ3) is 4.67. The van der Waals surface area contributed by atoms with E-state index < -0.39 is 23.6 Å². The lowest BCUT2D eigenvalue weighted by Gasteiger charge is -2.22. The van der Waals surface area contributed by atoms with Crippen molar-refractivity contribution in [1.82, 2.24) is 20.0 Å². The lowest BCUT2D eigenvalue weighted by molar-refractivity contribution is -0.146. The van der Waals surface area contributed by atoms with Crippen LogP contribution in [0.3, 0.4) is 0 Å². The van der Waals surface area contributed by atoms with E-state index in [4.69, 9.17) is 4.74 Å². The summed E-state index contributed by atoms with van der Waals surface area (Å²) in [6.07, 6.45) is 3.83. The highest BCUT2D eigenvalue weighted by Gasteiger charge is 2.38. The van der Waals surface area contributed by atoms with E-state index in [1.165, 1.54) is 13.2 Å². The standard InChI is InChI=1S/C23H22F2N4O3/c1-32-23(31)21-12-17(14-28(21)13-15-3-8-19(24)20(25)11-15)27-22(30)16-4-6-18(7-5-16)29-10-2-9-26-29/h2-11,17,21H,12-14H2,1H3,(H,27,30)/t17-,21-/m0/s1. The number of likely N-dealkylation sites (tertiary alicyclic amines) is 1. The van der Waals surface area contributed by atoms with E-state index in [1.807, 2.05) is 12.3 Å². The van der Waals surface area contributed by atoms with Crippen molar-refractivity contribution in [3.05, 3.63) is 83.7 Å². The van der Waals surface area contributed by atoms with Gasteiger partial charge in [-0.2, -0.15) is 5.10 Å². The summed E-state index contributed by atoms with van der Waals surface area (Å²) in [5.74, 6) is -2.57. The van der Waals surface area contributed by atoms with Crippen molar-refractivity contribution in [2.75, 3.05) is 13.7 Å². The van der Waals surface area contributed by atoms with Gasteiger partial charge in [-0.1, -0.05) is 6.07 Å². The molecule has 0 aliphatic carbocycles. The van der Waals surface area contributed by atoms with Crippen LogP contribution >= 0.6 is 0 Å². The first-order valence-electron chi connectivity index (χ1n) is 10.1. The maximum absolute atomic E-state index is 13.6. The molecule has 0 spiro atoms. The van der Waals surface area contributed by atoms with Crippen molar-refractivity contribution in [3.63, 3.8) is 0 Å². The zero-order chi connectivity index (χ0) is 22.7. The molecule has 0 saturated carbocycles. The first kappa shape index (κ1) is 21.6. The summed E-state index contributed by atoms with van der Waals surface area (Å²) in [7, 11) is 1.30. The molecule has 3 aromatic rings. The van der Waals surface area contributed by atoms with E-state index in [0.717, 1.165) is 17.8 Å². The molecule has 1 fully saturated rings. The Morgan fingerprint density at radius 2 is 1.94 bits per heavy atom. The number of methoxy groups -OCH3 is 1. The van der Waals surface area contributed by atoms with Gasteiger partial charge in [0.2, 0.25) is 0 Å². The Hall–Kier alpha value is -3.59. The van der Waals surface area contributed by atoms with Crippen LogP contribution in [-0.4, -0.2) is 52.3 Å². The fourth-order valence-corrected chi connectivity index (χ4v) is 3.89. The van der Waals surface area contributed by atoms with Crippen molar-refractivity contribution in [2.45, 2.75) is 25.0 Å². The van der Waals surface area contributed by atoms with Gasteiger partial charge in [0, 0.05) is 37.1 Å². The van der Waals surface area contributed by atoms with E-state index in [0.29, 0.717) is 24.1 Å². The number of benzene rings is 2. The molecule has 1 saturated heterocycles. The number of ether oxygens (including phenoxy) is 1. The first-order valence-corrected chi connectivity index (χ1v) is 10.1. The molecule has 1 aliphatic rings. The summed E-state index contributed by atoms with van der Waals surface area (Å²) >= 11 is 0. The Kier molecular flexibility index (Phi) is 6.27. The zero-order valence-electron chi connectivity index (χ0n) is 17.4. The van der Waals surface area contributed by atoms with Crippen molar-refractivity contribution < 1.29 is 23.1 Å². The van der Waals surface area contributed by atoms with Crippen LogP contribution in [0.2, 0.25) is 0 Å². The van der Waals surface area contributed by atoms with Crippen molar-refractivity contribution in [2.24, 2.45) is 0 Å². The predicted octanol–water partition coefficient (Wildman–Crippen LogP) is 2.70. The normalized spacial score (nSPS) is 18.5. The largest absolute Gasteiger partial charge is 0.468 e. The number of aromatic nitrogens is 2. The van der Waals surface area contributed by atoms with Crippen LogP contribution in [0.15, 0.2) is 60.9 Å². The molecule has 0 radical (unpaired) electrons. The number of hydrogen-bond donors (Lipinski definition) is 1. The quantitative estimate of drug-likeness (QED) is 0.597. The molecule has 166 valence electrons. The number of halogens is 2. The van der Waals surface area contributed by atoms with Crippen LogP contribution in [0.4, 0.5) is 8.78 Å². The minimum absolute atomic E-state index is 0.224. The van der Waals surface area contributed by atoms with Gasteiger partial charge in [-0.05, 0) is 54.4 Å². The number of nitrogens with one attached hydrogen (secondary N) is 1. The minimum atomic E-state index is -0.945. The summed E-state index contributed by atoms with van der Waals surface area (Å²) in [5, 5.41) is 7.10. The highest BCUT2D eigenvalue weighted by atomic mass is 19.2. The van der Waals surface area contributed by atoms with Gasteiger partial charge >= 0.3 is 5.97 Å². The lowest BCUT2D eigenvalue weighted by atomic mass is 10.1. The number of rotatable bonds is 6. The second-order valence-corrected chi connectivity index (χ2v) is 7.62. The molecule has 32 heavy (non-hydrogen) atoms. The molecule has 1 aliphatic heterocycles. The Morgan fingerprint density at radius 1 is 1.16 bits per heavy atom. The lowest BCUT2D eigenvalue weighted by Crippen LogP contribution is -2.37. The second-order valence-electron chi connectivity index (χ2n) is 7.62. The number of hydrogen-bond acceptors (Lipinski definition) is 5. The summed E-state index contributed by atoms with van der Waals surface area (Å²) in [5.41, 5.74) is 1.84. The maximum atomic E-state index is 13.6. The van der Waals surface area contributed by atoms with Crippen LogP contribution in [0.1, 0.15) is 22.3 Å². The van der Waals surface area contributed by atoms with E-state index in [9.17, 15) is 18.4 Å². The van der Waals surface area contributed by atoms with Gasteiger partial charge in [0.15, 0.2) is 11.6 Å². The van der Waals surface area contributed by atoms with E-state index in [2.05, 4.69) is 10.4 Å². The van der Waals surface area contributed by atoms with E-state index >= 15 is 0 Å². The van der Waals surface area contributed by atoms with Crippen LogP contribution in [-0.2, 0) is 16.1 Å². The summed E-state index contributed by atoms with van der Waals surface area (Å²) in [6, 6.07) is 11.5. The molecular formula is C23H22F2N4O3. The summed E-state index contributed by atoms with van der Waals surface area (Å²) in [4.78, 5) is 26.8.